The van der Waals surface area contributed by atoms with Gasteiger partial charge in [-0.3, -0.25) is 9.36 Å². The lowest BCUT2D eigenvalue weighted by Gasteiger charge is -2.08. The molecule has 0 bridgehead atoms. The van der Waals surface area contributed by atoms with Gasteiger partial charge < -0.3 is 14.5 Å². The van der Waals surface area contributed by atoms with Gasteiger partial charge in [0.05, 0.1) is 13.2 Å². The Morgan fingerprint density at radius 2 is 2.25 bits per heavy atom. The predicted molar refractivity (Wildman–Crippen MR) is 43.8 cm³/mol. The maximum Gasteiger partial charge on any atom is 1.00 e. The van der Waals surface area contributed by atoms with Crippen LogP contribution in [0.4, 0.5) is 0 Å². The number of hydrogen-bond donors (Lipinski definition) is 2. The molecule has 5 nitrogen and oxygen atoms in total. The molecule has 0 amide bonds. The van der Waals surface area contributed by atoms with E-state index in [-0.39, 0.29) is 13.6 Å². The van der Waals surface area contributed by atoms with E-state index in [1.54, 1.807) is 0 Å². The molecule has 0 aromatic carbocycles. The Bertz CT molecular complexity index is 239. The van der Waals surface area contributed by atoms with Crippen molar-refractivity contribution in [3.63, 3.8) is 0 Å². The number of aliphatic hydroxyl groups is 1. The van der Waals surface area contributed by atoms with Crippen LogP contribution in [0.15, 0.2) is 12.2 Å². The fourth-order valence-electron chi connectivity index (χ4n) is 0.464. The van der Waals surface area contributed by atoms with Crippen molar-refractivity contribution >= 4 is 13.1 Å². The zero-order valence-corrected chi connectivity index (χ0v) is 7.58. The molecule has 0 aliphatic carbocycles. The molecule has 12 heavy (non-hydrogen) atoms. The predicted octanol–water partition coefficient (Wildman–Crippen LogP) is 0.396. The standard InChI is InChI=1S/C6H11O5P/c1-5(2)6(8)12(9,10)11-4-3-7/h7H,1,3-4H2,2H3,(H,9,10)/p+1. The van der Waals surface area contributed by atoms with E-state index < -0.39 is 19.7 Å². The Balaban J connectivity index is 0. The van der Waals surface area contributed by atoms with Gasteiger partial charge in [0.1, 0.15) is 0 Å². The van der Waals surface area contributed by atoms with Crippen LogP contribution in [-0.2, 0) is 13.9 Å². The molecule has 0 saturated carbocycles. The van der Waals surface area contributed by atoms with Gasteiger partial charge in [0.2, 0.25) is 0 Å². The number of rotatable bonds is 5. The van der Waals surface area contributed by atoms with E-state index in [1.165, 1.54) is 6.92 Å². The topological polar surface area (TPSA) is 83.8 Å². The van der Waals surface area contributed by atoms with E-state index in [2.05, 4.69) is 11.1 Å². The molecule has 0 aromatic heterocycles. The summed E-state index contributed by atoms with van der Waals surface area (Å²) in [5, 5.41) is 8.26. The average Bonchev–Trinajstić information content (AvgIpc) is 1.99. The molecule has 0 aromatic rings. The largest absolute Gasteiger partial charge is 1.00 e. The van der Waals surface area contributed by atoms with Crippen molar-refractivity contribution in [1.82, 2.24) is 0 Å². The minimum Gasteiger partial charge on any atom is -0.394 e. The SMILES string of the molecule is C=C(C)C(=O)P(=O)(O)OCCO.[H+]. The molecule has 0 rings (SSSR count). The van der Waals surface area contributed by atoms with Crippen molar-refractivity contribution in [3.05, 3.63) is 12.2 Å². The third kappa shape index (κ3) is 3.28. The number of carbonyl (C=O) groups is 1. The molecule has 0 spiro atoms. The molecule has 1 unspecified atom stereocenters. The van der Waals surface area contributed by atoms with Gasteiger partial charge in [-0.15, -0.1) is 0 Å². The molecule has 2 N–H and O–H groups in total. The summed E-state index contributed by atoms with van der Waals surface area (Å²) in [6, 6.07) is 0. The van der Waals surface area contributed by atoms with E-state index in [0.717, 1.165) is 0 Å². The molecule has 0 radical (unpaired) electrons. The van der Waals surface area contributed by atoms with Crippen molar-refractivity contribution in [2.75, 3.05) is 13.2 Å². The molecule has 0 fully saturated rings. The number of aliphatic hydroxyl groups excluding tert-OH is 1. The van der Waals surface area contributed by atoms with Crippen LogP contribution in [-0.4, -0.2) is 28.7 Å². The van der Waals surface area contributed by atoms with Crippen LogP contribution in [0.3, 0.4) is 0 Å². The van der Waals surface area contributed by atoms with Crippen molar-refractivity contribution in [2.24, 2.45) is 0 Å². The third-order valence-corrected chi connectivity index (χ3v) is 2.41. The van der Waals surface area contributed by atoms with Crippen LogP contribution in [0, 0.1) is 0 Å². The highest BCUT2D eigenvalue weighted by molar-refractivity contribution is 7.71. The summed E-state index contributed by atoms with van der Waals surface area (Å²) in [5.74, 6) is 0. The molecule has 0 heterocycles. The fourth-order valence-corrected chi connectivity index (χ4v) is 1.39. The summed E-state index contributed by atoms with van der Waals surface area (Å²) in [6.45, 7) is 3.77. The molecule has 70 valence electrons. The molecule has 0 aliphatic heterocycles. The smallest absolute Gasteiger partial charge is 0.394 e. The Labute approximate surface area is 71.7 Å². The quantitative estimate of drug-likeness (QED) is 0.489. The fraction of sp³-hybridized carbons (Fsp3) is 0.500. The summed E-state index contributed by atoms with van der Waals surface area (Å²) in [5.41, 5.74) is -1.06. The van der Waals surface area contributed by atoms with Crippen molar-refractivity contribution in [1.29, 1.82) is 0 Å². The lowest BCUT2D eigenvalue weighted by molar-refractivity contribution is -0.110. The first kappa shape index (κ1) is 11.5. The number of hydrogen-bond acceptors (Lipinski definition) is 4. The second-order valence-corrected chi connectivity index (χ2v) is 3.87. The highest BCUT2D eigenvalue weighted by atomic mass is 31.2. The van der Waals surface area contributed by atoms with E-state index >= 15 is 0 Å². The Kier molecular flexibility index (Phi) is 4.34. The summed E-state index contributed by atoms with van der Waals surface area (Å²) in [7, 11) is -4.25. The Morgan fingerprint density at radius 1 is 1.75 bits per heavy atom. The normalized spacial score (nSPS) is 15.2. The first-order valence-corrected chi connectivity index (χ1v) is 4.78. The van der Waals surface area contributed by atoms with E-state index in [1.807, 2.05) is 0 Å². The van der Waals surface area contributed by atoms with Gasteiger partial charge in [-0.25, -0.2) is 0 Å². The van der Waals surface area contributed by atoms with E-state index in [4.69, 9.17) is 10.00 Å². The summed E-state index contributed by atoms with van der Waals surface area (Å²) < 4.78 is 15.2. The highest BCUT2D eigenvalue weighted by Crippen LogP contribution is 2.44. The van der Waals surface area contributed by atoms with Gasteiger partial charge in [-0.05, 0) is 12.5 Å². The van der Waals surface area contributed by atoms with Crippen LogP contribution in [0.2, 0.25) is 0 Å². The maximum absolute atomic E-state index is 10.9. The van der Waals surface area contributed by atoms with Gasteiger partial charge in [0.15, 0.2) is 0 Å². The third-order valence-electron chi connectivity index (χ3n) is 0.979. The Morgan fingerprint density at radius 3 is 2.58 bits per heavy atom. The molecule has 0 aliphatic rings. The van der Waals surface area contributed by atoms with Crippen LogP contribution in [0.25, 0.3) is 0 Å². The monoisotopic (exact) mass is 195 g/mol. The molecular weight excluding hydrogens is 183 g/mol. The van der Waals surface area contributed by atoms with E-state index in [9.17, 15) is 9.36 Å². The van der Waals surface area contributed by atoms with Gasteiger partial charge in [0.25, 0.3) is 5.52 Å². The summed E-state index contributed by atoms with van der Waals surface area (Å²) in [6.07, 6.45) is 0. The maximum atomic E-state index is 10.9. The Hall–Kier alpha value is -0.480. The number of allylic oxidation sites excluding steroid dienone is 1. The van der Waals surface area contributed by atoms with Crippen LogP contribution >= 0.6 is 7.60 Å². The highest BCUT2D eigenvalue weighted by Gasteiger charge is 2.30. The van der Waals surface area contributed by atoms with Gasteiger partial charge >= 0.3 is 9.02 Å². The van der Waals surface area contributed by atoms with Crippen molar-refractivity contribution in [3.8, 4) is 0 Å². The van der Waals surface area contributed by atoms with Crippen molar-refractivity contribution in [2.45, 2.75) is 6.92 Å². The van der Waals surface area contributed by atoms with Crippen molar-refractivity contribution < 1.29 is 25.3 Å². The minimum absolute atomic E-state index is 0. The molecular formula is C6H12O5P+. The lowest BCUT2D eigenvalue weighted by atomic mass is 10.4. The van der Waals surface area contributed by atoms with Crippen LogP contribution in [0.1, 0.15) is 8.35 Å². The average molecular weight is 195 g/mol. The molecule has 0 saturated heterocycles. The molecule has 6 heteroatoms. The first-order chi connectivity index (χ1) is 5.41. The second-order valence-electron chi connectivity index (χ2n) is 2.16. The van der Waals surface area contributed by atoms with Crippen LogP contribution < -0.4 is 0 Å². The number of carbonyl (C=O) groups excluding carboxylic acids is 1. The lowest BCUT2D eigenvalue weighted by Crippen LogP contribution is -2.06. The summed E-state index contributed by atoms with van der Waals surface area (Å²) >= 11 is 0. The van der Waals surface area contributed by atoms with Gasteiger partial charge in [-0.1, -0.05) is 6.58 Å². The zero-order chi connectivity index (χ0) is 9.78. The van der Waals surface area contributed by atoms with E-state index in [0.29, 0.717) is 0 Å². The zero-order valence-electron chi connectivity index (χ0n) is 7.69. The second kappa shape index (κ2) is 4.52. The summed E-state index contributed by atoms with van der Waals surface area (Å²) in [4.78, 5) is 19.7. The van der Waals surface area contributed by atoms with Crippen LogP contribution in [0.5, 0.6) is 0 Å². The minimum atomic E-state index is -4.25. The van der Waals surface area contributed by atoms with Gasteiger partial charge in [-0.2, -0.15) is 0 Å². The van der Waals surface area contributed by atoms with Gasteiger partial charge in [0, 0.05) is 0 Å². The first-order valence-electron chi connectivity index (χ1n) is 3.20. The molecule has 1 atom stereocenters.